The second-order valence-electron chi connectivity index (χ2n) is 7.25. The van der Waals surface area contributed by atoms with E-state index in [-0.39, 0.29) is 42.3 Å². The van der Waals surface area contributed by atoms with Crippen molar-refractivity contribution in [2.24, 2.45) is 5.92 Å². The Hall–Kier alpha value is -2.14. The van der Waals surface area contributed by atoms with Crippen LogP contribution in [-0.4, -0.2) is 36.1 Å². The van der Waals surface area contributed by atoms with Gasteiger partial charge in [0.15, 0.2) is 0 Å². The van der Waals surface area contributed by atoms with Gasteiger partial charge in [-0.1, -0.05) is 45.1 Å². The van der Waals surface area contributed by atoms with Crippen LogP contribution in [0, 0.1) is 5.92 Å². The maximum absolute atomic E-state index is 12.1. The highest BCUT2D eigenvalue weighted by Gasteiger charge is 2.20. The van der Waals surface area contributed by atoms with Crippen LogP contribution in [0.4, 0.5) is 0 Å². The second-order valence-corrected chi connectivity index (χ2v) is 7.25. The van der Waals surface area contributed by atoms with Gasteiger partial charge in [0, 0.05) is 24.1 Å². The summed E-state index contributed by atoms with van der Waals surface area (Å²) in [6.45, 7) is 6.37. The molecule has 1 aliphatic rings. The second kappa shape index (κ2) is 7.62. The molecule has 0 saturated carbocycles. The van der Waals surface area contributed by atoms with E-state index in [4.69, 9.17) is 5.11 Å². The number of aliphatic hydroxyl groups excluding tert-OH is 1. The summed E-state index contributed by atoms with van der Waals surface area (Å²) in [4.78, 5) is 24.0. The number of benzene rings is 1. The van der Waals surface area contributed by atoms with Crippen molar-refractivity contribution in [1.29, 1.82) is 0 Å². The van der Waals surface area contributed by atoms with Crippen molar-refractivity contribution in [3.05, 3.63) is 47.5 Å². The fourth-order valence-corrected chi connectivity index (χ4v) is 2.66. The number of carbonyl (C=O) groups is 2. The van der Waals surface area contributed by atoms with Gasteiger partial charge >= 0.3 is 0 Å². The van der Waals surface area contributed by atoms with Crippen LogP contribution in [0.25, 0.3) is 0 Å². The maximum atomic E-state index is 12.1. The van der Waals surface area contributed by atoms with E-state index in [1.807, 2.05) is 24.3 Å². The molecule has 0 fully saturated rings. The van der Waals surface area contributed by atoms with E-state index < -0.39 is 0 Å². The molecule has 2 amide bonds. The summed E-state index contributed by atoms with van der Waals surface area (Å²) < 4.78 is 0. The molecule has 5 heteroatoms. The quantitative estimate of drug-likeness (QED) is 0.720. The number of amides is 2. The average molecular weight is 330 g/mol. The zero-order chi connectivity index (χ0) is 17.7. The minimum atomic E-state index is -0.263. The summed E-state index contributed by atoms with van der Waals surface area (Å²) >= 11 is 0. The molecule has 0 aromatic heterocycles. The molecule has 0 bridgehead atoms. The average Bonchev–Trinajstić information content (AvgIpc) is 2.99. The van der Waals surface area contributed by atoms with Crippen LogP contribution in [0.3, 0.4) is 0 Å². The summed E-state index contributed by atoms with van der Waals surface area (Å²) in [6, 6.07) is 7.36. The highest BCUT2D eigenvalue weighted by Crippen LogP contribution is 2.22. The molecule has 0 saturated heterocycles. The minimum Gasteiger partial charge on any atom is -0.396 e. The number of carbonyl (C=O) groups excluding carboxylic acids is 2. The first kappa shape index (κ1) is 18.2. The Morgan fingerprint density at radius 1 is 1.17 bits per heavy atom. The van der Waals surface area contributed by atoms with Crippen LogP contribution in [0.2, 0.25) is 0 Å². The first-order valence-electron chi connectivity index (χ1n) is 8.27. The van der Waals surface area contributed by atoms with Crippen LogP contribution in [0.15, 0.2) is 36.4 Å². The molecule has 5 nitrogen and oxygen atoms in total. The SMILES string of the molecule is CC(C)(C)c1ccc(C(=O)NCC(=O)N[C@@H]2C=C[C@H](CO)C2)cc1. The molecule has 1 aromatic carbocycles. The van der Waals surface area contributed by atoms with Gasteiger partial charge in [0.2, 0.25) is 5.91 Å². The zero-order valence-corrected chi connectivity index (χ0v) is 14.5. The Labute approximate surface area is 143 Å². The van der Waals surface area contributed by atoms with Crippen molar-refractivity contribution in [2.45, 2.75) is 38.6 Å². The lowest BCUT2D eigenvalue weighted by Gasteiger charge is -2.19. The van der Waals surface area contributed by atoms with E-state index in [2.05, 4.69) is 31.4 Å². The highest BCUT2D eigenvalue weighted by molar-refractivity contribution is 5.96. The van der Waals surface area contributed by atoms with Gasteiger partial charge in [0.05, 0.1) is 6.54 Å². The van der Waals surface area contributed by atoms with Crippen molar-refractivity contribution in [3.63, 3.8) is 0 Å². The molecular weight excluding hydrogens is 304 g/mol. The summed E-state index contributed by atoms with van der Waals surface area (Å²) in [7, 11) is 0. The molecule has 2 rings (SSSR count). The third kappa shape index (κ3) is 4.93. The topological polar surface area (TPSA) is 78.4 Å². The Morgan fingerprint density at radius 3 is 2.38 bits per heavy atom. The molecule has 0 aliphatic heterocycles. The monoisotopic (exact) mass is 330 g/mol. The summed E-state index contributed by atoms with van der Waals surface area (Å²) in [5, 5.41) is 14.5. The molecule has 130 valence electrons. The van der Waals surface area contributed by atoms with Crippen molar-refractivity contribution in [1.82, 2.24) is 10.6 Å². The van der Waals surface area contributed by atoms with E-state index >= 15 is 0 Å². The minimum absolute atomic E-state index is 0.0378. The lowest BCUT2D eigenvalue weighted by Crippen LogP contribution is -2.41. The Balaban J connectivity index is 1.80. The third-order valence-corrected chi connectivity index (χ3v) is 4.18. The van der Waals surface area contributed by atoms with E-state index in [0.717, 1.165) is 5.56 Å². The van der Waals surface area contributed by atoms with Crippen molar-refractivity contribution < 1.29 is 14.7 Å². The van der Waals surface area contributed by atoms with Gasteiger partial charge in [-0.05, 0) is 29.5 Å². The third-order valence-electron chi connectivity index (χ3n) is 4.18. The molecular formula is C19H26N2O3. The highest BCUT2D eigenvalue weighted by atomic mass is 16.3. The van der Waals surface area contributed by atoms with E-state index in [1.165, 1.54) is 0 Å². The maximum Gasteiger partial charge on any atom is 0.251 e. The van der Waals surface area contributed by atoms with Gasteiger partial charge in [-0.2, -0.15) is 0 Å². The van der Waals surface area contributed by atoms with Crippen molar-refractivity contribution in [2.75, 3.05) is 13.2 Å². The van der Waals surface area contributed by atoms with Crippen LogP contribution >= 0.6 is 0 Å². The lowest BCUT2D eigenvalue weighted by atomic mass is 9.87. The van der Waals surface area contributed by atoms with Gasteiger partial charge in [0.1, 0.15) is 0 Å². The zero-order valence-electron chi connectivity index (χ0n) is 14.5. The predicted molar refractivity (Wildman–Crippen MR) is 93.7 cm³/mol. The van der Waals surface area contributed by atoms with E-state index in [0.29, 0.717) is 12.0 Å². The molecule has 0 heterocycles. The molecule has 2 atom stereocenters. The molecule has 1 aromatic rings. The van der Waals surface area contributed by atoms with Crippen molar-refractivity contribution >= 4 is 11.8 Å². The van der Waals surface area contributed by atoms with Crippen LogP contribution < -0.4 is 10.6 Å². The van der Waals surface area contributed by atoms with Gasteiger partial charge in [-0.3, -0.25) is 9.59 Å². The number of hydrogen-bond acceptors (Lipinski definition) is 3. The standard InChI is InChI=1S/C19H26N2O3/c1-19(2,3)15-7-5-14(6-8-15)18(24)20-11-17(23)21-16-9-4-13(10-16)12-22/h4-9,13,16,22H,10-12H2,1-3H3,(H,20,24)(H,21,23)/t13-,16+/m0/s1. The first-order valence-corrected chi connectivity index (χ1v) is 8.27. The Kier molecular flexibility index (Phi) is 5.78. The van der Waals surface area contributed by atoms with Crippen LogP contribution in [0.1, 0.15) is 43.1 Å². The summed E-state index contributed by atoms with van der Waals surface area (Å²) in [6.07, 6.45) is 4.48. The Bertz CT molecular complexity index is 614. The normalized spacial score (nSPS) is 20.0. The molecule has 1 aliphatic carbocycles. The van der Waals surface area contributed by atoms with Gasteiger partial charge in [0.25, 0.3) is 5.91 Å². The number of aliphatic hydroxyl groups is 1. The van der Waals surface area contributed by atoms with Gasteiger partial charge < -0.3 is 15.7 Å². The van der Waals surface area contributed by atoms with E-state index in [1.54, 1.807) is 12.1 Å². The smallest absolute Gasteiger partial charge is 0.251 e. The van der Waals surface area contributed by atoms with Crippen LogP contribution in [0.5, 0.6) is 0 Å². The largest absolute Gasteiger partial charge is 0.396 e. The number of hydrogen-bond donors (Lipinski definition) is 3. The summed E-state index contributed by atoms with van der Waals surface area (Å²) in [5.41, 5.74) is 1.73. The number of nitrogens with one attached hydrogen (secondary N) is 2. The molecule has 0 radical (unpaired) electrons. The fraction of sp³-hybridized carbons (Fsp3) is 0.474. The number of rotatable bonds is 5. The van der Waals surface area contributed by atoms with Gasteiger partial charge in [-0.25, -0.2) is 0 Å². The molecule has 3 N–H and O–H groups in total. The van der Waals surface area contributed by atoms with Crippen molar-refractivity contribution in [3.8, 4) is 0 Å². The van der Waals surface area contributed by atoms with Crippen LogP contribution in [-0.2, 0) is 10.2 Å². The molecule has 0 spiro atoms. The predicted octanol–water partition coefficient (Wildman–Crippen LogP) is 1.77. The lowest BCUT2D eigenvalue weighted by molar-refractivity contribution is -0.120. The first-order chi connectivity index (χ1) is 11.3. The van der Waals surface area contributed by atoms with E-state index in [9.17, 15) is 9.59 Å². The Morgan fingerprint density at radius 2 is 1.83 bits per heavy atom. The summed E-state index contributed by atoms with van der Waals surface area (Å²) in [5.74, 6) is -0.394. The molecule has 24 heavy (non-hydrogen) atoms. The molecule has 0 unspecified atom stereocenters. The van der Waals surface area contributed by atoms with Gasteiger partial charge in [-0.15, -0.1) is 0 Å². The fourth-order valence-electron chi connectivity index (χ4n) is 2.66.